The summed E-state index contributed by atoms with van der Waals surface area (Å²) in [6.07, 6.45) is 5.37. The molecule has 1 aromatic heterocycles. The molecule has 0 saturated carbocycles. The third kappa shape index (κ3) is 5.30. The first-order valence-electron chi connectivity index (χ1n) is 10.8. The van der Waals surface area contributed by atoms with Crippen LogP contribution < -0.4 is 14.8 Å². The van der Waals surface area contributed by atoms with Gasteiger partial charge in [-0.1, -0.05) is 6.07 Å². The van der Waals surface area contributed by atoms with Crippen LogP contribution >= 0.6 is 0 Å². The van der Waals surface area contributed by atoms with Crippen molar-refractivity contribution in [2.45, 2.75) is 6.54 Å². The molecule has 1 amide bonds. The minimum Gasteiger partial charge on any atom is -0.493 e. The van der Waals surface area contributed by atoms with Crippen molar-refractivity contribution in [1.82, 2.24) is 9.47 Å². The third-order valence-electron chi connectivity index (χ3n) is 5.63. The fourth-order valence-electron chi connectivity index (χ4n) is 3.86. The van der Waals surface area contributed by atoms with Gasteiger partial charge < -0.3 is 24.1 Å². The summed E-state index contributed by atoms with van der Waals surface area (Å²) in [5.74, 6) is 1.09. The summed E-state index contributed by atoms with van der Waals surface area (Å²) in [5, 5.41) is 4.04. The maximum absolute atomic E-state index is 12.4. The molecule has 1 N–H and O–H groups in total. The number of anilines is 1. The molecule has 1 fully saturated rings. The number of carbonyl (C=O) groups excluding carboxylic acids is 1. The number of aromatic nitrogens is 1. The molecule has 4 rings (SSSR count). The molecule has 1 aliphatic heterocycles. The Balaban J connectivity index is 1.37. The van der Waals surface area contributed by atoms with E-state index in [1.54, 1.807) is 20.3 Å². The Morgan fingerprint density at radius 3 is 2.62 bits per heavy atom. The van der Waals surface area contributed by atoms with Gasteiger partial charge in [-0.3, -0.25) is 9.69 Å². The first-order chi connectivity index (χ1) is 15.7. The zero-order chi connectivity index (χ0) is 22.3. The van der Waals surface area contributed by atoms with Gasteiger partial charge in [-0.15, -0.1) is 0 Å². The molecule has 0 spiro atoms. The molecular weight excluding hydrogens is 406 g/mol. The van der Waals surface area contributed by atoms with E-state index in [1.165, 1.54) is 6.08 Å². The number of carbonyl (C=O) groups is 1. The number of amides is 1. The number of methoxy groups -OCH3 is 2. The average molecular weight is 436 g/mol. The van der Waals surface area contributed by atoms with E-state index in [0.717, 1.165) is 61.5 Å². The SMILES string of the molecule is COc1ccc(/C=C/C(=O)Nc2ccc3c(ccn3CCN3CCOCC3)c2)cc1OC. The van der Waals surface area contributed by atoms with Crippen molar-refractivity contribution in [3.8, 4) is 11.5 Å². The molecule has 0 bridgehead atoms. The molecular formula is C25H29N3O4. The van der Waals surface area contributed by atoms with E-state index in [-0.39, 0.29) is 5.91 Å². The number of morpholine rings is 1. The number of benzene rings is 2. The Morgan fingerprint density at radius 1 is 1.03 bits per heavy atom. The van der Waals surface area contributed by atoms with Crippen LogP contribution in [0, 0.1) is 0 Å². The average Bonchev–Trinajstić information content (AvgIpc) is 3.24. The van der Waals surface area contributed by atoms with Crippen LogP contribution in [0.5, 0.6) is 11.5 Å². The fourth-order valence-corrected chi connectivity index (χ4v) is 3.86. The summed E-state index contributed by atoms with van der Waals surface area (Å²) >= 11 is 0. The molecule has 2 heterocycles. The molecule has 0 atom stereocenters. The zero-order valence-electron chi connectivity index (χ0n) is 18.5. The summed E-state index contributed by atoms with van der Waals surface area (Å²) in [6, 6.07) is 13.6. The second kappa shape index (κ2) is 10.3. The Hall–Kier alpha value is -3.29. The van der Waals surface area contributed by atoms with Crippen molar-refractivity contribution in [1.29, 1.82) is 0 Å². The first-order valence-corrected chi connectivity index (χ1v) is 10.8. The molecule has 2 aromatic carbocycles. The smallest absolute Gasteiger partial charge is 0.248 e. The van der Waals surface area contributed by atoms with Gasteiger partial charge in [0, 0.05) is 55.0 Å². The molecule has 32 heavy (non-hydrogen) atoms. The maximum atomic E-state index is 12.4. The molecule has 3 aromatic rings. The van der Waals surface area contributed by atoms with Crippen LogP contribution in [0.2, 0.25) is 0 Å². The minimum atomic E-state index is -0.189. The topological polar surface area (TPSA) is 65.0 Å². The van der Waals surface area contributed by atoms with Crippen LogP contribution in [0.15, 0.2) is 54.7 Å². The van der Waals surface area contributed by atoms with Gasteiger partial charge >= 0.3 is 0 Å². The van der Waals surface area contributed by atoms with E-state index < -0.39 is 0 Å². The van der Waals surface area contributed by atoms with Crippen molar-refractivity contribution in [2.75, 3.05) is 52.4 Å². The van der Waals surface area contributed by atoms with E-state index >= 15 is 0 Å². The van der Waals surface area contributed by atoms with Gasteiger partial charge in [0.05, 0.1) is 27.4 Å². The van der Waals surface area contributed by atoms with Crippen molar-refractivity contribution in [3.05, 3.63) is 60.3 Å². The summed E-state index contributed by atoms with van der Waals surface area (Å²) in [7, 11) is 3.18. The number of hydrogen-bond donors (Lipinski definition) is 1. The van der Waals surface area contributed by atoms with Crippen molar-refractivity contribution < 1.29 is 19.0 Å². The van der Waals surface area contributed by atoms with Crippen LogP contribution in [0.3, 0.4) is 0 Å². The zero-order valence-corrected chi connectivity index (χ0v) is 18.5. The van der Waals surface area contributed by atoms with Crippen molar-refractivity contribution in [3.63, 3.8) is 0 Å². The van der Waals surface area contributed by atoms with Gasteiger partial charge in [-0.2, -0.15) is 0 Å². The lowest BCUT2D eigenvalue weighted by Crippen LogP contribution is -2.38. The van der Waals surface area contributed by atoms with Gasteiger partial charge in [0.1, 0.15) is 0 Å². The summed E-state index contributed by atoms with van der Waals surface area (Å²) in [4.78, 5) is 14.8. The van der Waals surface area contributed by atoms with Crippen LogP contribution in [0.4, 0.5) is 5.69 Å². The monoisotopic (exact) mass is 435 g/mol. The number of fused-ring (bicyclic) bond motifs is 1. The molecule has 0 unspecified atom stereocenters. The number of hydrogen-bond acceptors (Lipinski definition) is 5. The van der Waals surface area contributed by atoms with Crippen LogP contribution in [-0.2, 0) is 16.1 Å². The van der Waals surface area contributed by atoms with E-state index in [9.17, 15) is 4.79 Å². The number of rotatable bonds is 8. The molecule has 7 heteroatoms. The van der Waals surface area contributed by atoms with Gasteiger partial charge in [-0.05, 0) is 48.0 Å². The fraction of sp³-hybridized carbons (Fsp3) is 0.320. The summed E-state index contributed by atoms with van der Waals surface area (Å²) in [5.41, 5.74) is 2.79. The summed E-state index contributed by atoms with van der Waals surface area (Å²) in [6.45, 7) is 5.56. The second-order valence-electron chi connectivity index (χ2n) is 7.67. The predicted molar refractivity (Wildman–Crippen MR) is 126 cm³/mol. The number of nitrogens with one attached hydrogen (secondary N) is 1. The molecule has 1 saturated heterocycles. The van der Waals surface area contributed by atoms with E-state index in [2.05, 4.69) is 33.1 Å². The van der Waals surface area contributed by atoms with E-state index in [4.69, 9.17) is 14.2 Å². The molecule has 0 radical (unpaired) electrons. The highest BCUT2D eigenvalue weighted by Crippen LogP contribution is 2.28. The van der Waals surface area contributed by atoms with Gasteiger partial charge in [-0.25, -0.2) is 0 Å². The second-order valence-corrected chi connectivity index (χ2v) is 7.67. The van der Waals surface area contributed by atoms with Gasteiger partial charge in [0.2, 0.25) is 5.91 Å². The quantitative estimate of drug-likeness (QED) is 0.548. The Morgan fingerprint density at radius 2 is 1.84 bits per heavy atom. The predicted octanol–water partition coefficient (Wildman–Crippen LogP) is 3.64. The third-order valence-corrected chi connectivity index (χ3v) is 5.63. The van der Waals surface area contributed by atoms with Crippen molar-refractivity contribution >= 4 is 28.6 Å². The van der Waals surface area contributed by atoms with E-state index in [1.807, 2.05) is 30.3 Å². The van der Waals surface area contributed by atoms with Crippen LogP contribution in [0.25, 0.3) is 17.0 Å². The van der Waals surface area contributed by atoms with Crippen molar-refractivity contribution in [2.24, 2.45) is 0 Å². The molecule has 0 aliphatic carbocycles. The van der Waals surface area contributed by atoms with Crippen LogP contribution in [0.1, 0.15) is 5.56 Å². The minimum absolute atomic E-state index is 0.189. The standard InChI is InChI=1S/C25H29N3O4/c1-30-23-7-3-19(17-24(23)31-2)4-8-25(29)26-21-5-6-22-20(18-21)9-10-28(22)12-11-27-13-15-32-16-14-27/h3-10,17-18H,11-16H2,1-2H3,(H,26,29)/b8-4+. The summed E-state index contributed by atoms with van der Waals surface area (Å²) < 4.78 is 18.2. The normalized spacial score (nSPS) is 14.7. The first kappa shape index (κ1) is 21.9. The van der Waals surface area contributed by atoms with Gasteiger partial charge in [0.15, 0.2) is 11.5 Å². The Bertz CT molecular complexity index is 1100. The highest BCUT2D eigenvalue weighted by Gasteiger charge is 2.11. The number of nitrogens with zero attached hydrogens (tertiary/aromatic N) is 2. The lowest BCUT2D eigenvalue weighted by Gasteiger charge is -2.26. The highest BCUT2D eigenvalue weighted by atomic mass is 16.5. The van der Waals surface area contributed by atoms with Gasteiger partial charge in [0.25, 0.3) is 0 Å². The lowest BCUT2D eigenvalue weighted by atomic mass is 10.2. The molecule has 7 nitrogen and oxygen atoms in total. The lowest BCUT2D eigenvalue weighted by molar-refractivity contribution is -0.111. The van der Waals surface area contributed by atoms with E-state index in [0.29, 0.717) is 11.5 Å². The Kier molecular flexibility index (Phi) is 7.09. The maximum Gasteiger partial charge on any atom is 0.248 e. The molecule has 1 aliphatic rings. The van der Waals surface area contributed by atoms with Crippen LogP contribution in [-0.4, -0.2) is 62.4 Å². The largest absolute Gasteiger partial charge is 0.493 e. The number of ether oxygens (including phenoxy) is 3. The molecule has 168 valence electrons. The Labute approximate surface area is 188 Å². The highest BCUT2D eigenvalue weighted by molar-refractivity contribution is 6.03.